The SMILES string of the molecule is CNc1ccc([N+](=O)[O-])c(NC(C)C(=O)NCC(C)C)n1. The second-order valence-electron chi connectivity index (χ2n) is 5.08. The lowest BCUT2D eigenvalue weighted by Gasteiger charge is -2.16. The van der Waals surface area contributed by atoms with Gasteiger partial charge in [-0.2, -0.15) is 0 Å². The van der Waals surface area contributed by atoms with E-state index in [0.717, 1.165) is 0 Å². The topological polar surface area (TPSA) is 109 Å². The van der Waals surface area contributed by atoms with E-state index in [0.29, 0.717) is 18.3 Å². The van der Waals surface area contributed by atoms with Crippen LogP contribution < -0.4 is 16.0 Å². The van der Waals surface area contributed by atoms with Crippen LogP contribution in [0, 0.1) is 16.0 Å². The monoisotopic (exact) mass is 295 g/mol. The average molecular weight is 295 g/mol. The predicted molar refractivity (Wildman–Crippen MR) is 81.4 cm³/mol. The fourth-order valence-electron chi connectivity index (χ4n) is 1.57. The molecule has 21 heavy (non-hydrogen) atoms. The second-order valence-corrected chi connectivity index (χ2v) is 5.08. The van der Waals surface area contributed by atoms with Gasteiger partial charge in [0.2, 0.25) is 11.7 Å². The van der Waals surface area contributed by atoms with E-state index in [4.69, 9.17) is 0 Å². The normalized spacial score (nSPS) is 11.9. The number of rotatable bonds is 7. The molecule has 116 valence electrons. The molecule has 8 heteroatoms. The fourth-order valence-corrected chi connectivity index (χ4v) is 1.57. The number of carbonyl (C=O) groups is 1. The number of hydrogen-bond acceptors (Lipinski definition) is 6. The van der Waals surface area contributed by atoms with Crippen LogP contribution in [0.5, 0.6) is 0 Å². The molecular weight excluding hydrogens is 274 g/mol. The third-order valence-corrected chi connectivity index (χ3v) is 2.76. The standard InChI is InChI=1S/C13H21N5O3/c1-8(2)7-15-13(19)9(3)16-12-10(18(20)21)5-6-11(14-4)17-12/h5-6,8-9H,7H2,1-4H3,(H,15,19)(H2,14,16,17). The number of anilines is 2. The lowest BCUT2D eigenvalue weighted by molar-refractivity contribution is -0.384. The number of nitrogens with zero attached hydrogens (tertiary/aromatic N) is 2. The quantitative estimate of drug-likeness (QED) is 0.521. The van der Waals surface area contributed by atoms with E-state index in [1.165, 1.54) is 12.1 Å². The zero-order valence-corrected chi connectivity index (χ0v) is 12.6. The van der Waals surface area contributed by atoms with Crippen molar-refractivity contribution in [2.75, 3.05) is 24.2 Å². The van der Waals surface area contributed by atoms with Gasteiger partial charge in [0.15, 0.2) is 0 Å². The number of aromatic nitrogens is 1. The Kier molecular flexibility index (Phi) is 5.89. The maximum atomic E-state index is 11.9. The van der Waals surface area contributed by atoms with Gasteiger partial charge in [-0.15, -0.1) is 0 Å². The molecule has 1 aromatic heterocycles. The Morgan fingerprint density at radius 2 is 2.05 bits per heavy atom. The number of nitrogens with one attached hydrogen (secondary N) is 3. The maximum absolute atomic E-state index is 11.9. The second kappa shape index (κ2) is 7.41. The van der Waals surface area contributed by atoms with Crippen LogP contribution in [0.25, 0.3) is 0 Å². The van der Waals surface area contributed by atoms with Crippen LogP contribution in [0.1, 0.15) is 20.8 Å². The van der Waals surface area contributed by atoms with Crippen molar-refractivity contribution < 1.29 is 9.72 Å². The zero-order chi connectivity index (χ0) is 16.0. The van der Waals surface area contributed by atoms with Gasteiger partial charge in [0.1, 0.15) is 11.9 Å². The van der Waals surface area contributed by atoms with Crippen molar-refractivity contribution in [1.29, 1.82) is 0 Å². The molecule has 0 fully saturated rings. The predicted octanol–water partition coefficient (Wildman–Crippen LogP) is 1.60. The highest BCUT2D eigenvalue weighted by atomic mass is 16.6. The van der Waals surface area contributed by atoms with Crippen molar-refractivity contribution in [2.24, 2.45) is 5.92 Å². The molecule has 0 aliphatic rings. The summed E-state index contributed by atoms with van der Waals surface area (Å²) in [6.45, 7) is 6.16. The van der Waals surface area contributed by atoms with Gasteiger partial charge in [-0.05, 0) is 18.9 Å². The first-order valence-corrected chi connectivity index (χ1v) is 6.72. The summed E-state index contributed by atoms with van der Waals surface area (Å²) in [5.41, 5.74) is -0.169. The largest absolute Gasteiger partial charge is 0.373 e. The van der Waals surface area contributed by atoms with E-state index in [9.17, 15) is 14.9 Å². The number of pyridine rings is 1. The highest BCUT2D eigenvalue weighted by Crippen LogP contribution is 2.24. The van der Waals surface area contributed by atoms with Gasteiger partial charge in [0.05, 0.1) is 4.92 Å². The van der Waals surface area contributed by atoms with Gasteiger partial charge >= 0.3 is 5.69 Å². The lowest BCUT2D eigenvalue weighted by atomic mass is 10.2. The Balaban J connectivity index is 2.85. The molecule has 1 heterocycles. The summed E-state index contributed by atoms with van der Waals surface area (Å²) in [6, 6.07) is 2.23. The maximum Gasteiger partial charge on any atom is 0.311 e. The molecule has 1 atom stereocenters. The van der Waals surface area contributed by atoms with Gasteiger partial charge in [0, 0.05) is 19.7 Å². The molecule has 8 nitrogen and oxygen atoms in total. The Bertz CT molecular complexity index is 519. The minimum Gasteiger partial charge on any atom is -0.373 e. The molecule has 0 aromatic carbocycles. The van der Waals surface area contributed by atoms with E-state index < -0.39 is 11.0 Å². The van der Waals surface area contributed by atoms with E-state index in [1.807, 2.05) is 13.8 Å². The molecule has 1 rings (SSSR count). The van der Waals surface area contributed by atoms with Crippen molar-refractivity contribution >= 4 is 23.2 Å². The minimum atomic E-state index is -0.623. The number of amides is 1. The van der Waals surface area contributed by atoms with Crippen LogP contribution in [0.3, 0.4) is 0 Å². The first-order valence-electron chi connectivity index (χ1n) is 6.72. The molecule has 0 aliphatic carbocycles. The summed E-state index contributed by atoms with van der Waals surface area (Å²) in [5, 5.41) is 19.3. The number of nitro groups is 1. The molecule has 0 aliphatic heterocycles. The van der Waals surface area contributed by atoms with E-state index >= 15 is 0 Å². The minimum absolute atomic E-state index is 0.0686. The Morgan fingerprint density at radius 3 is 2.57 bits per heavy atom. The fraction of sp³-hybridized carbons (Fsp3) is 0.538. The van der Waals surface area contributed by atoms with Crippen LogP contribution in [0.4, 0.5) is 17.3 Å². The van der Waals surface area contributed by atoms with Crippen molar-refractivity contribution in [1.82, 2.24) is 10.3 Å². The van der Waals surface area contributed by atoms with E-state index in [1.54, 1.807) is 14.0 Å². The summed E-state index contributed by atoms with van der Waals surface area (Å²) in [6.07, 6.45) is 0. The molecule has 0 spiro atoms. The highest BCUT2D eigenvalue weighted by molar-refractivity contribution is 5.84. The summed E-state index contributed by atoms with van der Waals surface area (Å²) in [7, 11) is 1.66. The first-order chi connectivity index (χ1) is 9.85. The van der Waals surface area contributed by atoms with Gasteiger partial charge in [-0.25, -0.2) is 4.98 Å². The average Bonchev–Trinajstić information content (AvgIpc) is 2.43. The Morgan fingerprint density at radius 1 is 1.38 bits per heavy atom. The molecule has 0 radical (unpaired) electrons. The van der Waals surface area contributed by atoms with Crippen molar-refractivity contribution in [3.05, 3.63) is 22.2 Å². The molecule has 3 N–H and O–H groups in total. The molecular formula is C13H21N5O3. The number of carbonyl (C=O) groups excluding carboxylic acids is 1. The summed E-state index contributed by atoms with van der Waals surface area (Å²) in [5.74, 6) is 0.660. The Labute approximate surface area is 123 Å². The lowest BCUT2D eigenvalue weighted by Crippen LogP contribution is -2.39. The highest BCUT2D eigenvalue weighted by Gasteiger charge is 2.20. The van der Waals surface area contributed by atoms with Crippen LogP contribution in [0.2, 0.25) is 0 Å². The molecule has 1 aromatic rings. The molecule has 1 unspecified atom stereocenters. The van der Waals surface area contributed by atoms with Crippen molar-refractivity contribution in [3.8, 4) is 0 Å². The Hall–Kier alpha value is -2.38. The van der Waals surface area contributed by atoms with Gasteiger partial charge in [-0.3, -0.25) is 14.9 Å². The molecule has 0 bridgehead atoms. The van der Waals surface area contributed by atoms with Crippen molar-refractivity contribution in [2.45, 2.75) is 26.8 Å². The van der Waals surface area contributed by atoms with Gasteiger partial charge in [-0.1, -0.05) is 13.8 Å². The molecule has 0 saturated heterocycles. The van der Waals surface area contributed by atoms with Gasteiger partial charge < -0.3 is 16.0 Å². The van der Waals surface area contributed by atoms with Gasteiger partial charge in [0.25, 0.3) is 0 Å². The van der Waals surface area contributed by atoms with E-state index in [-0.39, 0.29) is 17.4 Å². The first kappa shape index (κ1) is 16.7. The van der Waals surface area contributed by atoms with Crippen LogP contribution in [-0.2, 0) is 4.79 Å². The van der Waals surface area contributed by atoms with Crippen LogP contribution in [0.15, 0.2) is 12.1 Å². The summed E-state index contributed by atoms with van der Waals surface area (Å²) in [4.78, 5) is 26.4. The molecule has 1 amide bonds. The van der Waals surface area contributed by atoms with E-state index in [2.05, 4.69) is 20.9 Å². The number of hydrogen-bond donors (Lipinski definition) is 3. The van der Waals surface area contributed by atoms with Crippen molar-refractivity contribution in [3.63, 3.8) is 0 Å². The third kappa shape index (κ3) is 4.90. The zero-order valence-electron chi connectivity index (χ0n) is 12.6. The smallest absolute Gasteiger partial charge is 0.311 e. The summed E-state index contributed by atoms with van der Waals surface area (Å²) >= 11 is 0. The third-order valence-electron chi connectivity index (χ3n) is 2.76. The van der Waals surface area contributed by atoms with Crippen LogP contribution >= 0.6 is 0 Å². The van der Waals surface area contributed by atoms with Crippen LogP contribution in [-0.4, -0.2) is 35.4 Å². The summed E-state index contributed by atoms with van der Waals surface area (Å²) < 4.78 is 0. The molecule has 0 saturated carbocycles.